The van der Waals surface area contributed by atoms with Crippen LogP contribution in [0.15, 0.2) is 12.2 Å². The normalized spacial score (nSPS) is 31.4. The molecule has 0 aromatic carbocycles. The molecule has 1 N–H and O–H groups in total. The van der Waals surface area contributed by atoms with Gasteiger partial charge in [0.25, 0.3) is 0 Å². The monoisotopic (exact) mass is 224 g/mol. The van der Waals surface area contributed by atoms with Crippen molar-refractivity contribution in [3.8, 4) is 0 Å². The number of hydrogen-bond acceptors (Lipinski definition) is 1. The van der Waals surface area contributed by atoms with Crippen LogP contribution in [0, 0.1) is 23.7 Å². The molecule has 0 bridgehead atoms. The third-order valence-corrected chi connectivity index (χ3v) is 4.06. The molecule has 16 heavy (non-hydrogen) atoms. The average Bonchev–Trinajstić information content (AvgIpc) is 2.24. The molecule has 1 rings (SSSR count). The molecular weight excluding hydrogens is 196 g/mol. The zero-order valence-electron chi connectivity index (χ0n) is 11.2. The van der Waals surface area contributed by atoms with Crippen LogP contribution < -0.4 is 0 Å². The molecule has 1 heteroatoms. The minimum atomic E-state index is 0.283. The predicted molar refractivity (Wildman–Crippen MR) is 70.3 cm³/mol. The molecule has 3 unspecified atom stereocenters. The Balaban J connectivity index is 2.44. The molecule has 0 amide bonds. The van der Waals surface area contributed by atoms with E-state index in [1.54, 1.807) is 0 Å². The Kier molecular flexibility index (Phi) is 6.12. The summed E-state index contributed by atoms with van der Waals surface area (Å²) in [6.45, 7) is 7.41. The highest BCUT2D eigenvalue weighted by atomic mass is 16.2. The summed E-state index contributed by atoms with van der Waals surface area (Å²) in [5.41, 5.74) is 0. The molecule has 1 saturated carbocycles. The molecule has 1 fully saturated rings. The van der Waals surface area contributed by atoms with Gasteiger partial charge in [-0.1, -0.05) is 39.3 Å². The number of allylic oxidation sites excluding steroid dienone is 1. The summed E-state index contributed by atoms with van der Waals surface area (Å²) in [5, 5.41) is 8.73. The molecule has 1 aliphatic rings. The Bertz CT molecular complexity index is 207. The number of aliphatic hydroxyl groups is 1. The Hall–Kier alpha value is -0.300. The van der Waals surface area contributed by atoms with Gasteiger partial charge in [-0.2, -0.15) is 0 Å². The number of hydrogen-bond donors (Lipinski definition) is 1. The first kappa shape index (κ1) is 13.8. The van der Waals surface area contributed by atoms with Crippen LogP contribution in [-0.4, -0.2) is 11.7 Å². The van der Waals surface area contributed by atoms with E-state index in [4.69, 9.17) is 5.11 Å². The first-order chi connectivity index (χ1) is 7.65. The summed E-state index contributed by atoms with van der Waals surface area (Å²) in [6.07, 6.45) is 10.7. The predicted octanol–water partition coefficient (Wildman–Crippen LogP) is 4.02. The number of aliphatic hydroxyl groups excluding tert-OH is 1. The third-order valence-electron chi connectivity index (χ3n) is 4.06. The molecule has 0 aliphatic heterocycles. The van der Waals surface area contributed by atoms with Crippen molar-refractivity contribution in [2.24, 2.45) is 23.7 Å². The van der Waals surface area contributed by atoms with Crippen molar-refractivity contribution < 1.29 is 5.11 Å². The second kappa shape index (κ2) is 7.11. The van der Waals surface area contributed by atoms with Crippen molar-refractivity contribution in [2.75, 3.05) is 6.61 Å². The van der Waals surface area contributed by atoms with Gasteiger partial charge in [-0.25, -0.2) is 0 Å². The van der Waals surface area contributed by atoms with Crippen LogP contribution in [-0.2, 0) is 0 Å². The van der Waals surface area contributed by atoms with E-state index in [-0.39, 0.29) is 6.61 Å². The Morgan fingerprint density at radius 1 is 1.25 bits per heavy atom. The van der Waals surface area contributed by atoms with E-state index >= 15 is 0 Å². The molecule has 1 aliphatic carbocycles. The fourth-order valence-corrected chi connectivity index (χ4v) is 3.13. The highest BCUT2D eigenvalue weighted by molar-refractivity contribution is 4.89. The van der Waals surface area contributed by atoms with Crippen LogP contribution in [0.25, 0.3) is 0 Å². The summed E-state index contributed by atoms with van der Waals surface area (Å²) in [7, 11) is 0. The quantitative estimate of drug-likeness (QED) is 0.699. The molecule has 0 aromatic rings. The zero-order chi connectivity index (χ0) is 12.0. The number of rotatable bonds is 5. The molecule has 0 saturated heterocycles. The first-order valence-electron chi connectivity index (χ1n) is 6.91. The summed E-state index contributed by atoms with van der Waals surface area (Å²) in [4.78, 5) is 0. The lowest BCUT2D eigenvalue weighted by atomic mass is 9.69. The second-order valence-corrected chi connectivity index (χ2v) is 5.81. The lowest BCUT2D eigenvalue weighted by molar-refractivity contribution is 0.146. The Morgan fingerprint density at radius 3 is 2.62 bits per heavy atom. The molecule has 0 radical (unpaired) electrons. The standard InChI is InChI=1S/C15H28O/c1-12(2)15-9-8-13(3)11-14(15)7-5-4-6-10-16/h4-5,12-16H,6-11H2,1-3H3. The van der Waals surface area contributed by atoms with Crippen LogP contribution in [0.2, 0.25) is 0 Å². The molecule has 0 spiro atoms. The van der Waals surface area contributed by atoms with Gasteiger partial charge in [-0.3, -0.25) is 0 Å². The fourth-order valence-electron chi connectivity index (χ4n) is 3.13. The Morgan fingerprint density at radius 2 is 2.00 bits per heavy atom. The highest BCUT2D eigenvalue weighted by Crippen LogP contribution is 2.39. The van der Waals surface area contributed by atoms with E-state index in [0.29, 0.717) is 0 Å². The van der Waals surface area contributed by atoms with Crippen molar-refractivity contribution >= 4 is 0 Å². The van der Waals surface area contributed by atoms with Crippen molar-refractivity contribution in [2.45, 2.75) is 52.9 Å². The lowest BCUT2D eigenvalue weighted by Gasteiger charge is -2.37. The maximum Gasteiger partial charge on any atom is 0.0465 e. The van der Waals surface area contributed by atoms with Gasteiger partial charge >= 0.3 is 0 Å². The van der Waals surface area contributed by atoms with Gasteiger partial charge in [0.1, 0.15) is 0 Å². The van der Waals surface area contributed by atoms with Crippen molar-refractivity contribution in [1.29, 1.82) is 0 Å². The van der Waals surface area contributed by atoms with Gasteiger partial charge in [-0.05, 0) is 49.4 Å². The van der Waals surface area contributed by atoms with E-state index in [9.17, 15) is 0 Å². The van der Waals surface area contributed by atoms with Crippen LogP contribution in [0.5, 0.6) is 0 Å². The van der Waals surface area contributed by atoms with E-state index in [1.165, 1.54) is 25.7 Å². The largest absolute Gasteiger partial charge is 0.396 e. The summed E-state index contributed by atoms with van der Waals surface area (Å²) in [6, 6.07) is 0. The highest BCUT2D eigenvalue weighted by Gasteiger charge is 2.29. The van der Waals surface area contributed by atoms with Crippen LogP contribution in [0.1, 0.15) is 52.9 Å². The molecule has 1 nitrogen and oxygen atoms in total. The van der Waals surface area contributed by atoms with Gasteiger partial charge in [-0.15, -0.1) is 0 Å². The molecular formula is C15H28O. The van der Waals surface area contributed by atoms with Gasteiger partial charge in [0.2, 0.25) is 0 Å². The molecule has 0 heterocycles. The minimum absolute atomic E-state index is 0.283. The first-order valence-corrected chi connectivity index (χ1v) is 6.91. The van der Waals surface area contributed by atoms with Crippen molar-refractivity contribution in [1.82, 2.24) is 0 Å². The Labute approximate surface area is 101 Å². The zero-order valence-corrected chi connectivity index (χ0v) is 11.2. The van der Waals surface area contributed by atoms with Gasteiger partial charge in [0.05, 0.1) is 0 Å². The van der Waals surface area contributed by atoms with Crippen LogP contribution in [0.3, 0.4) is 0 Å². The summed E-state index contributed by atoms with van der Waals surface area (Å²) < 4.78 is 0. The lowest BCUT2D eigenvalue weighted by Crippen LogP contribution is -2.27. The van der Waals surface area contributed by atoms with Crippen molar-refractivity contribution in [3.05, 3.63) is 12.2 Å². The van der Waals surface area contributed by atoms with E-state index in [2.05, 4.69) is 32.9 Å². The van der Waals surface area contributed by atoms with Gasteiger partial charge in [0, 0.05) is 6.61 Å². The van der Waals surface area contributed by atoms with Crippen LogP contribution in [0.4, 0.5) is 0 Å². The van der Waals surface area contributed by atoms with E-state index < -0.39 is 0 Å². The third kappa shape index (κ3) is 4.29. The SMILES string of the molecule is CC1CCC(C(C)C)C(CC=CCCO)C1. The van der Waals surface area contributed by atoms with Crippen LogP contribution >= 0.6 is 0 Å². The van der Waals surface area contributed by atoms with Gasteiger partial charge in [0.15, 0.2) is 0 Å². The fraction of sp³-hybridized carbons (Fsp3) is 0.867. The van der Waals surface area contributed by atoms with E-state index in [0.717, 1.165) is 30.1 Å². The maximum atomic E-state index is 8.73. The maximum absolute atomic E-state index is 8.73. The molecule has 3 atom stereocenters. The molecule has 0 aromatic heterocycles. The minimum Gasteiger partial charge on any atom is -0.396 e. The van der Waals surface area contributed by atoms with E-state index in [1.807, 2.05) is 0 Å². The molecule has 94 valence electrons. The van der Waals surface area contributed by atoms with Gasteiger partial charge < -0.3 is 5.11 Å². The smallest absolute Gasteiger partial charge is 0.0465 e. The van der Waals surface area contributed by atoms with Crippen molar-refractivity contribution in [3.63, 3.8) is 0 Å². The topological polar surface area (TPSA) is 20.2 Å². The second-order valence-electron chi connectivity index (χ2n) is 5.81. The average molecular weight is 224 g/mol. The summed E-state index contributed by atoms with van der Waals surface area (Å²) >= 11 is 0. The summed E-state index contributed by atoms with van der Waals surface area (Å²) in [5.74, 6) is 3.52.